The lowest BCUT2D eigenvalue weighted by molar-refractivity contribution is 0.426. The summed E-state index contributed by atoms with van der Waals surface area (Å²) in [5, 5.41) is 7.44. The van der Waals surface area contributed by atoms with E-state index in [0.29, 0.717) is 29.1 Å². The molecule has 128 valence electrons. The molecule has 4 rings (SSSR count). The molecule has 3 aromatic heterocycles. The first-order chi connectivity index (χ1) is 12.2. The van der Waals surface area contributed by atoms with Crippen LogP contribution < -0.4 is 5.32 Å². The summed E-state index contributed by atoms with van der Waals surface area (Å²) in [7, 11) is 0. The molecule has 1 fully saturated rings. The van der Waals surface area contributed by atoms with Gasteiger partial charge in [-0.1, -0.05) is 12.1 Å². The molecule has 1 N–H and O–H groups in total. The van der Waals surface area contributed by atoms with E-state index in [0.717, 1.165) is 41.8 Å². The molecule has 0 saturated heterocycles. The van der Waals surface area contributed by atoms with Crippen molar-refractivity contribution in [1.29, 1.82) is 0 Å². The van der Waals surface area contributed by atoms with Crippen LogP contribution in [-0.4, -0.2) is 31.1 Å². The van der Waals surface area contributed by atoms with Gasteiger partial charge in [0.2, 0.25) is 5.95 Å². The van der Waals surface area contributed by atoms with Crippen molar-refractivity contribution in [3.8, 4) is 22.7 Å². The van der Waals surface area contributed by atoms with Gasteiger partial charge >= 0.3 is 0 Å². The smallest absolute Gasteiger partial charge is 0.223 e. The number of nitrogens with zero attached hydrogens (tertiary/aromatic N) is 5. The van der Waals surface area contributed by atoms with Crippen LogP contribution in [0.4, 0.5) is 5.95 Å². The number of aromatic nitrogens is 5. The standard InChI is InChI=1S/C18H20N6O/c1-4-13-11(3)24-25-17(13)14-8-21-18(22-12-5-6-12)23-16(14)15-9-19-10(2)7-20-15/h7-9,12H,4-6H2,1-3H3,(H,21,22,23). The van der Waals surface area contributed by atoms with Crippen LogP contribution in [0, 0.1) is 13.8 Å². The molecule has 3 aromatic rings. The van der Waals surface area contributed by atoms with Gasteiger partial charge < -0.3 is 9.84 Å². The van der Waals surface area contributed by atoms with E-state index < -0.39 is 0 Å². The van der Waals surface area contributed by atoms with Gasteiger partial charge in [0.25, 0.3) is 0 Å². The Kier molecular flexibility index (Phi) is 3.91. The molecular weight excluding hydrogens is 316 g/mol. The summed E-state index contributed by atoms with van der Waals surface area (Å²) in [4.78, 5) is 18.0. The van der Waals surface area contributed by atoms with Crippen LogP contribution in [0.1, 0.15) is 36.7 Å². The Hall–Kier alpha value is -2.83. The summed E-state index contributed by atoms with van der Waals surface area (Å²) in [6.07, 6.45) is 8.40. The molecule has 0 aliphatic heterocycles. The van der Waals surface area contributed by atoms with E-state index in [4.69, 9.17) is 9.51 Å². The maximum absolute atomic E-state index is 5.59. The van der Waals surface area contributed by atoms with Crippen LogP contribution in [0.15, 0.2) is 23.1 Å². The SMILES string of the molecule is CCc1c(C)noc1-c1cnc(NC2CC2)nc1-c1cnc(C)cn1. The molecule has 3 heterocycles. The lowest BCUT2D eigenvalue weighted by atomic mass is 10.0. The third kappa shape index (κ3) is 3.09. The molecule has 1 saturated carbocycles. The molecule has 7 heteroatoms. The van der Waals surface area contributed by atoms with Crippen LogP contribution in [0.3, 0.4) is 0 Å². The van der Waals surface area contributed by atoms with Crippen molar-refractivity contribution in [1.82, 2.24) is 25.1 Å². The van der Waals surface area contributed by atoms with Crippen molar-refractivity contribution < 1.29 is 4.52 Å². The third-order valence-corrected chi connectivity index (χ3v) is 4.31. The second-order valence-corrected chi connectivity index (χ2v) is 6.35. The minimum absolute atomic E-state index is 0.474. The zero-order valence-electron chi connectivity index (χ0n) is 14.6. The van der Waals surface area contributed by atoms with E-state index in [2.05, 4.69) is 32.3 Å². The molecular formula is C18H20N6O. The number of aryl methyl sites for hydroxylation is 2. The average Bonchev–Trinajstić information content (AvgIpc) is 3.35. The Morgan fingerprint density at radius 2 is 1.96 bits per heavy atom. The Bertz CT molecular complexity index is 898. The first-order valence-electron chi connectivity index (χ1n) is 8.53. The average molecular weight is 336 g/mol. The highest BCUT2D eigenvalue weighted by atomic mass is 16.5. The van der Waals surface area contributed by atoms with Gasteiger partial charge in [-0.15, -0.1) is 0 Å². The highest BCUT2D eigenvalue weighted by Crippen LogP contribution is 2.34. The van der Waals surface area contributed by atoms with Gasteiger partial charge in [-0.2, -0.15) is 0 Å². The van der Waals surface area contributed by atoms with Crippen molar-refractivity contribution in [3.05, 3.63) is 35.5 Å². The first-order valence-corrected chi connectivity index (χ1v) is 8.53. The summed E-state index contributed by atoms with van der Waals surface area (Å²) >= 11 is 0. The van der Waals surface area contributed by atoms with E-state index >= 15 is 0 Å². The highest BCUT2D eigenvalue weighted by molar-refractivity contribution is 5.78. The van der Waals surface area contributed by atoms with E-state index in [1.165, 1.54) is 0 Å². The van der Waals surface area contributed by atoms with Crippen LogP contribution in [0.5, 0.6) is 0 Å². The topological polar surface area (TPSA) is 89.6 Å². The van der Waals surface area contributed by atoms with Gasteiger partial charge in [0, 0.05) is 24.0 Å². The lowest BCUT2D eigenvalue weighted by Gasteiger charge is -2.10. The van der Waals surface area contributed by atoms with E-state index in [-0.39, 0.29) is 0 Å². The summed E-state index contributed by atoms with van der Waals surface area (Å²) in [5.41, 5.74) is 5.00. The molecule has 0 spiro atoms. The van der Waals surface area contributed by atoms with E-state index in [1.807, 2.05) is 13.8 Å². The molecule has 0 radical (unpaired) electrons. The normalized spacial score (nSPS) is 13.9. The maximum Gasteiger partial charge on any atom is 0.223 e. The summed E-state index contributed by atoms with van der Waals surface area (Å²) < 4.78 is 5.59. The van der Waals surface area contributed by atoms with Gasteiger partial charge in [-0.3, -0.25) is 9.97 Å². The Labute approximate surface area is 145 Å². The largest absolute Gasteiger partial charge is 0.356 e. The van der Waals surface area contributed by atoms with E-state index in [9.17, 15) is 0 Å². The van der Waals surface area contributed by atoms with E-state index in [1.54, 1.807) is 18.6 Å². The van der Waals surface area contributed by atoms with Crippen LogP contribution in [0.2, 0.25) is 0 Å². The predicted molar refractivity (Wildman–Crippen MR) is 94.1 cm³/mol. The second-order valence-electron chi connectivity index (χ2n) is 6.35. The quantitative estimate of drug-likeness (QED) is 0.764. The molecule has 0 unspecified atom stereocenters. The number of nitrogens with one attached hydrogen (secondary N) is 1. The Morgan fingerprint density at radius 3 is 2.64 bits per heavy atom. The van der Waals surface area contributed by atoms with Crippen molar-refractivity contribution in [3.63, 3.8) is 0 Å². The van der Waals surface area contributed by atoms with Crippen molar-refractivity contribution in [2.75, 3.05) is 5.32 Å². The maximum atomic E-state index is 5.59. The van der Waals surface area contributed by atoms with Crippen molar-refractivity contribution >= 4 is 5.95 Å². The molecule has 0 amide bonds. The summed E-state index contributed by atoms with van der Waals surface area (Å²) in [6, 6.07) is 0.474. The number of rotatable bonds is 5. The van der Waals surface area contributed by atoms with Crippen LogP contribution in [0.25, 0.3) is 22.7 Å². The van der Waals surface area contributed by atoms with Gasteiger partial charge in [-0.05, 0) is 33.1 Å². The lowest BCUT2D eigenvalue weighted by Crippen LogP contribution is -2.07. The molecule has 0 aromatic carbocycles. The third-order valence-electron chi connectivity index (χ3n) is 4.31. The van der Waals surface area contributed by atoms with Gasteiger partial charge in [-0.25, -0.2) is 9.97 Å². The fraction of sp³-hybridized carbons (Fsp3) is 0.389. The summed E-state index contributed by atoms with van der Waals surface area (Å²) in [5.74, 6) is 1.31. The van der Waals surface area contributed by atoms with Crippen LogP contribution in [-0.2, 0) is 6.42 Å². The zero-order valence-corrected chi connectivity index (χ0v) is 14.6. The molecule has 1 aliphatic rings. The number of hydrogen-bond donors (Lipinski definition) is 1. The fourth-order valence-electron chi connectivity index (χ4n) is 2.75. The van der Waals surface area contributed by atoms with Gasteiger partial charge in [0.05, 0.1) is 23.1 Å². The predicted octanol–water partition coefficient (Wildman–Crippen LogP) is 3.34. The Morgan fingerprint density at radius 1 is 1.12 bits per heavy atom. The zero-order chi connectivity index (χ0) is 17.4. The molecule has 7 nitrogen and oxygen atoms in total. The van der Waals surface area contributed by atoms with Crippen molar-refractivity contribution in [2.45, 2.75) is 46.1 Å². The summed E-state index contributed by atoms with van der Waals surface area (Å²) in [6.45, 7) is 5.94. The fourth-order valence-corrected chi connectivity index (χ4v) is 2.75. The highest BCUT2D eigenvalue weighted by Gasteiger charge is 2.24. The second kappa shape index (κ2) is 6.23. The molecule has 0 atom stereocenters. The Balaban J connectivity index is 1.85. The first kappa shape index (κ1) is 15.7. The molecule has 0 bridgehead atoms. The minimum atomic E-state index is 0.474. The van der Waals surface area contributed by atoms with Gasteiger partial charge in [0.15, 0.2) is 5.76 Å². The number of anilines is 1. The van der Waals surface area contributed by atoms with Crippen LogP contribution >= 0.6 is 0 Å². The number of hydrogen-bond acceptors (Lipinski definition) is 7. The molecule has 25 heavy (non-hydrogen) atoms. The monoisotopic (exact) mass is 336 g/mol. The molecule has 1 aliphatic carbocycles. The van der Waals surface area contributed by atoms with Gasteiger partial charge in [0.1, 0.15) is 11.4 Å². The minimum Gasteiger partial charge on any atom is -0.356 e. The van der Waals surface area contributed by atoms with Crippen molar-refractivity contribution in [2.24, 2.45) is 0 Å².